The van der Waals surface area contributed by atoms with Gasteiger partial charge >= 0.3 is 0 Å². The van der Waals surface area contributed by atoms with Crippen LogP contribution in [0.3, 0.4) is 0 Å². The van der Waals surface area contributed by atoms with Gasteiger partial charge in [-0.05, 0) is 157 Å². The summed E-state index contributed by atoms with van der Waals surface area (Å²) >= 11 is 1.77. The average Bonchev–Trinajstić information content (AvgIpc) is 3.55. The normalized spacial score (nSPS) is 12.2. The Kier molecular flexibility index (Phi) is 11.1. The van der Waals surface area contributed by atoms with Crippen molar-refractivity contribution in [1.82, 2.24) is 39.9 Å². The maximum Gasteiger partial charge on any atom is 0.160 e. The molecular weight excluding hydrogens is 957 g/mol. The van der Waals surface area contributed by atoms with Crippen molar-refractivity contribution in [2.24, 2.45) is 0 Å². The van der Waals surface area contributed by atoms with Crippen molar-refractivity contribution in [3.8, 4) is 91.0 Å². The summed E-state index contributed by atoms with van der Waals surface area (Å²) in [6.07, 6.45) is 7.12. The molecule has 0 aliphatic carbocycles. The number of nitrogens with zero attached hydrogens (tertiary/aromatic N) is 10. The molecule has 11 nitrogen and oxygen atoms in total. The molecule has 2 aliphatic rings. The molecule has 0 N–H and O–H groups in total. The fourth-order valence-corrected chi connectivity index (χ4v) is 10.8. The predicted octanol–water partition coefficient (Wildman–Crippen LogP) is 16.0. The molecule has 0 unspecified atom stereocenters. The summed E-state index contributed by atoms with van der Waals surface area (Å²) in [4.78, 5) is 47.1. The first-order valence-electron chi connectivity index (χ1n) is 24.7. The van der Waals surface area contributed by atoms with Crippen LogP contribution in [0.25, 0.3) is 79.5 Å². The van der Waals surface area contributed by atoms with E-state index in [0.29, 0.717) is 45.8 Å². The first-order chi connectivity index (χ1) is 37.6. The molecule has 14 rings (SSSR count). The van der Waals surface area contributed by atoms with E-state index in [4.69, 9.17) is 44.6 Å². The molecule has 0 saturated carbocycles. The van der Waals surface area contributed by atoms with E-state index in [1.807, 2.05) is 121 Å². The second-order valence-corrected chi connectivity index (χ2v) is 19.2. The second-order valence-electron chi connectivity index (χ2n) is 18.1. The third-order valence-corrected chi connectivity index (χ3v) is 14.4. The van der Waals surface area contributed by atoms with Crippen molar-refractivity contribution in [2.45, 2.75) is 9.79 Å². The highest BCUT2D eigenvalue weighted by molar-refractivity contribution is 7.99. The van der Waals surface area contributed by atoms with Crippen molar-refractivity contribution < 1.29 is 4.74 Å². The van der Waals surface area contributed by atoms with Crippen molar-refractivity contribution in [3.05, 3.63) is 243 Å². The molecule has 6 aromatic heterocycles. The SMILES string of the molecule is c1ccc(-c2cc(-c3ccccn3)nc(-c3cc(-c4cc(-c5nc(-c6ccccn6)cc(-c6ccccn6)n5)cc(N5c6ccccc6Sc6ccccc65)c4)cc(N4c5ccccc5Oc5ccccc54)c3)n2)nc1. The molecule has 0 fully saturated rings. The van der Waals surface area contributed by atoms with Gasteiger partial charge in [0, 0.05) is 57.1 Å². The molecule has 358 valence electrons. The molecule has 0 bridgehead atoms. The smallest absolute Gasteiger partial charge is 0.160 e. The lowest BCUT2D eigenvalue weighted by Gasteiger charge is -2.34. The number of rotatable bonds is 9. The molecule has 0 atom stereocenters. The number of para-hydroxylation sites is 6. The van der Waals surface area contributed by atoms with E-state index >= 15 is 0 Å². The van der Waals surface area contributed by atoms with E-state index in [-0.39, 0.29) is 0 Å². The monoisotopic (exact) mass is 996 g/mol. The molecule has 6 aromatic carbocycles. The van der Waals surface area contributed by atoms with Crippen LogP contribution in [0, 0.1) is 0 Å². The van der Waals surface area contributed by atoms with Crippen molar-refractivity contribution >= 4 is 45.9 Å². The van der Waals surface area contributed by atoms with Gasteiger partial charge in [0.15, 0.2) is 23.1 Å². The van der Waals surface area contributed by atoms with Crippen LogP contribution >= 0.6 is 11.8 Å². The maximum atomic E-state index is 6.57. The van der Waals surface area contributed by atoms with Crippen LogP contribution in [0.4, 0.5) is 34.1 Å². The minimum Gasteiger partial charge on any atom is -0.453 e. The van der Waals surface area contributed by atoms with Gasteiger partial charge in [-0.2, -0.15) is 0 Å². The Bertz CT molecular complexity index is 3670. The Morgan fingerprint density at radius 1 is 0.289 bits per heavy atom. The molecule has 2 aliphatic heterocycles. The Morgan fingerprint density at radius 3 is 1.00 bits per heavy atom. The minimum atomic E-state index is 0.500. The van der Waals surface area contributed by atoms with Gasteiger partial charge in [0.25, 0.3) is 0 Å². The Hall–Kier alpha value is -10.2. The lowest BCUT2D eigenvalue weighted by atomic mass is 9.96. The molecule has 12 heteroatoms. The Morgan fingerprint density at radius 2 is 0.618 bits per heavy atom. The standard InChI is InChI=1S/C64H40N10OS/c1-5-25-59-55(21-1)73(56-22-2-6-26-60(56)75-59)45-35-41(33-43(37-45)63-69-51(47-17-9-13-29-65-47)39-52(70-63)48-18-10-14-30-66-48)42-34-44(38-46(36-42)74-57-23-3-7-27-61(57)76-62-28-8-4-24-58(62)74)64-71-53(49-19-11-15-31-67-49)40-54(72-64)50-20-12-16-32-68-50/h1-40H. The lowest BCUT2D eigenvalue weighted by molar-refractivity contribution is 0.477. The summed E-state index contributed by atoms with van der Waals surface area (Å²) in [5.74, 6) is 2.48. The number of anilines is 6. The van der Waals surface area contributed by atoms with Crippen LogP contribution in [0.15, 0.2) is 253 Å². The first kappa shape index (κ1) is 44.5. The third-order valence-electron chi connectivity index (χ3n) is 13.2. The number of benzene rings is 6. The topological polar surface area (TPSA) is 119 Å². The van der Waals surface area contributed by atoms with E-state index in [1.54, 1.807) is 36.5 Å². The fourth-order valence-electron chi connectivity index (χ4n) is 9.77. The van der Waals surface area contributed by atoms with Crippen LogP contribution in [0.1, 0.15) is 0 Å². The summed E-state index contributed by atoms with van der Waals surface area (Å²) < 4.78 is 6.57. The van der Waals surface area contributed by atoms with E-state index < -0.39 is 0 Å². The number of aromatic nitrogens is 8. The molecule has 8 heterocycles. The Labute approximate surface area is 442 Å². The van der Waals surface area contributed by atoms with Crippen LogP contribution in [-0.2, 0) is 0 Å². The summed E-state index contributed by atoms with van der Waals surface area (Å²) in [7, 11) is 0. The summed E-state index contributed by atoms with van der Waals surface area (Å²) in [6.45, 7) is 0. The highest BCUT2D eigenvalue weighted by Crippen LogP contribution is 2.54. The Balaban J connectivity index is 1.05. The van der Waals surface area contributed by atoms with Gasteiger partial charge in [-0.1, -0.05) is 84.6 Å². The fraction of sp³-hybridized carbons (Fsp3) is 0. The van der Waals surface area contributed by atoms with Gasteiger partial charge in [0.05, 0.1) is 68.3 Å². The van der Waals surface area contributed by atoms with Crippen LogP contribution in [0.2, 0.25) is 0 Å². The number of ether oxygens (including phenoxy) is 1. The van der Waals surface area contributed by atoms with E-state index in [9.17, 15) is 0 Å². The summed E-state index contributed by atoms with van der Waals surface area (Å²) in [5, 5.41) is 0. The van der Waals surface area contributed by atoms with E-state index in [2.05, 4.69) is 107 Å². The highest BCUT2D eigenvalue weighted by Gasteiger charge is 2.29. The second kappa shape index (κ2) is 19.0. The zero-order valence-corrected chi connectivity index (χ0v) is 41.2. The molecular formula is C64H40N10OS. The van der Waals surface area contributed by atoms with Crippen molar-refractivity contribution in [3.63, 3.8) is 0 Å². The van der Waals surface area contributed by atoms with Crippen molar-refractivity contribution in [1.29, 1.82) is 0 Å². The molecule has 12 aromatic rings. The molecule has 0 spiro atoms. The molecule has 0 saturated heterocycles. The zero-order chi connectivity index (χ0) is 50.4. The summed E-state index contributed by atoms with van der Waals surface area (Å²) in [6, 6.07) is 73.7. The molecule has 0 amide bonds. The van der Waals surface area contributed by atoms with Crippen LogP contribution < -0.4 is 14.5 Å². The van der Waals surface area contributed by atoms with Gasteiger partial charge < -0.3 is 14.5 Å². The predicted molar refractivity (Wildman–Crippen MR) is 300 cm³/mol. The highest BCUT2D eigenvalue weighted by atomic mass is 32.2. The van der Waals surface area contributed by atoms with E-state index in [0.717, 1.165) is 89.1 Å². The number of hydrogen-bond acceptors (Lipinski definition) is 12. The van der Waals surface area contributed by atoms with Crippen molar-refractivity contribution in [2.75, 3.05) is 9.80 Å². The third kappa shape index (κ3) is 8.34. The van der Waals surface area contributed by atoms with Gasteiger partial charge in [0.2, 0.25) is 0 Å². The summed E-state index contributed by atoms with van der Waals surface area (Å²) in [5.41, 5.74) is 14.6. The van der Waals surface area contributed by atoms with Gasteiger partial charge in [-0.15, -0.1) is 0 Å². The number of pyridine rings is 4. The van der Waals surface area contributed by atoms with Crippen LogP contribution in [-0.4, -0.2) is 39.9 Å². The first-order valence-corrected chi connectivity index (χ1v) is 25.5. The van der Waals surface area contributed by atoms with Gasteiger partial charge in [0.1, 0.15) is 0 Å². The van der Waals surface area contributed by atoms with Gasteiger partial charge in [-0.25, -0.2) is 19.9 Å². The maximum absolute atomic E-state index is 6.57. The van der Waals surface area contributed by atoms with E-state index in [1.165, 1.54) is 0 Å². The number of fused-ring (bicyclic) bond motifs is 4. The molecule has 76 heavy (non-hydrogen) atoms. The van der Waals surface area contributed by atoms with Crippen LogP contribution in [0.5, 0.6) is 11.5 Å². The minimum absolute atomic E-state index is 0.500. The number of hydrogen-bond donors (Lipinski definition) is 0. The van der Waals surface area contributed by atoms with Gasteiger partial charge in [-0.3, -0.25) is 19.9 Å². The lowest BCUT2D eigenvalue weighted by Crippen LogP contribution is -2.16. The zero-order valence-electron chi connectivity index (χ0n) is 40.4. The average molecular weight is 997 g/mol. The molecule has 0 radical (unpaired) electrons. The largest absolute Gasteiger partial charge is 0.453 e. The quantitative estimate of drug-likeness (QED) is 0.137.